The van der Waals surface area contributed by atoms with Crippen LogP contribution in [-0.4, -0.2) is 18.6 Å². The zero-order chi connectivity index (χ0) is 14.7. The van der Waals surface area contributed by atoms with E-state index in [2.05, 4.69) is 48.1 Å². The number of aromatic nitrogens is 1. The average Bonchev–Trinajstić information content (AvgIpc) is 2.45. The van der Waals surface area contributed by atoms with Crippen molar-refractivity contribution in [1.82, 2.24) is 4.98 Å². The van der Waals surface area contributed by atoms with Gasteiger partial charge in [-0.1, -0.05) is 20.8 Å². The molecule has 0 aliphatic carbocycles. The number of anilines is 1. The van der Waals surface area contributed by atoms with E-state index in [1.54, 1.807) is 7.11 Å². The highest BCUT2D eigenvalue weighted by Gasteiger charge is 2.14. The summed E-state index contributed by atoms with van der Waals surface area (Å²) >= 11 is 3.60. The number of ether oxygens (including phenoxy) is 1. The van der Waals surface area contributed by atoms with Gasteiger partial charge < -0.3 is 10.1 Å². The lowest BCUT2D eigenvalue weighted by Gasteiger charge is -2.16. The van der Waals surface area contributed by atoms with Crippen LogP contribution >= 0.6 is 15.9 Å². The molecule has 0 radical (unpaired) electrons. The summed E-state index contributed by atoms with van der Waals surface area (Å²) in [5.41, 5.74) is 3.14. The predicted molar refractivity (Wildman–Crippen MR) is 88.9 cm³/mol. The molecule has 0 saturated heterocycles. The largest absolute Gasteiger partial charge is 0.496 e. The second-order valence-electron chi connectivity index (χ2n) is 5.15. The second kappa shape index (κ2) is 6.44. The lowest BCUT2D eigenvalue weighted by Crippen LogP contribution is -2.04. The van der Waals surface area contributed by atoms with Crippen LogP contribution in [0, 0.1) is 0 Å². The third-order valence-electron chi connectivity index (χ3n) is 3.27. The summed E-state index contributed by atoms with van der Waals surface area (Å²) < 4.78 is 6.50. The van der Waals surface area contributed by atoms with Gasteiger partial charge in [-0.3, -0.25) is 4.98 Å². The van der Waals surface area contributed by atoms with Crippen molar-refractivity contribution < 1.29 is 4.74 Å². The van der Waals surface area contributed by atoms with Gasteiger partial charge in [-0.05, 0) is 46.5 Å². The SMILES string of the molecule is CCCNc1cc(C(C)C)nc2c(Br)ccc(OC)c12. The topological polar surface area (TPSA) is 34.2 Å². The van der Waals surface area contributed by atoms with Crippen molar-refractivity contribution in [2.24, 2.45) is 0 Å². The first-order valence-electron chi connectivity index (χ1n) is 6.99. The molecule has 0 bridgehead atoms. The van der Waals surface area contributed by atoms with Gasteiger partial charge in [0.15, 0.2) is 0 Å². The van der Waals surface area contributed by atoms with Gasteiger partial charge in [-0.15, -0.1) is 0 Å². The molecule has 0 atom stereocenters. The molecule has 1 aromatic carbocycles. The fourth-order valence-corrected chi connectivity index (χ4v) is 2.58. The van der Waals surface area contributed by atoms with Gasteiger partial charge in [0.05, 0.1) is 18.0 Å². The maximum absolute atomic E-state index is 5.50. The third kappa shape index (κ3) is 2.90. The molecule has 108 valence electrons. The molecule has 0 aliphatic rings. The molecule has 1 N–H and O–H groups in total. The molecular formula is C16H21BrN2O. The molecule has 4 heteroatoms. The monoisotopic (exact) mass is 336 g/mol. The minimum atomic E-state index is 0.389. The van der Waals surface area contributed by atoms with Gasteiger partial charge in [0, 0.05) is 22.4 Å². The summed E-state index contributed by atoms with van der Waals surface area (Å²) in [4.78, 5) is 4.78. The van der Waals surface area contributed by atoms with E-state index in [0.717, 1.165) is 45.5 Å². The van der Waals surface area contributed by atoms with Crippen molar-refractivity contribution in [2.75, 3.05) is 19.0 Å². The van der Waals surface area contributed by atoms with E-state index in [1.807, 2.05) is 12.1 Å². The first-order valence-corrected chi connectivity index (χ1v) is 7.78. The first-order chi connectivity index (χ1) is 9.58. The summed E-state index contributed by atoms with van der Waals surface area (Å²) in [5, 5.41) is 4.54. The van der Waals surface area contributed by atoms with Crippen molar-refractivity contribution in [3.8, 4) is 5.75 Å². The Morgan fingerprint density at radius 3 is 2.70 bits per heavy atom. The normalized spacial score (nSPS) is 11.1. The number of methoxy groups -OCH3 is 1. The molecule has 2 rings (SSSR count). The van der Waals surface area contributed by atoms with Gasteiger partial charge in [-0.25, -0.2) is 0 Å². The third-order valence-corrected chi connectivity index (χ3v) is 3.91. The Hall–Kier alpha value is -1.29. The Morgan fingerprint density at radius 2 is 2.10 bits per heavy atom. The molecule has 0 spiro atoms. The maximum Gasteiger partial charge on any atom is 0.130 e. The van der Waals surface area contributed by atoms with E-state index in [-0.39, 0.29) is 0 Å². The highest BCUT2D eigenvalue weighted by molar-refractivity contribution is 9.10. The van der Waals surface area contributed by atoms with E-state index < -0.39 is 0 Å². The Bertz CT molecular complexity index is 611. The van der Waals surface area contributed by atoms with E-state index in [0.29, 0.717) is 5.92 Å². The van der Waals surface area contributed by atoms with Gasteiger partial charge >= 0.3 is 0 Å². The highest BCUT2D eigenvalue weighted by Crippen LogP contribution is 2.37. The summed E-state index contributed by atoms with van der Waals surface area (Å²) in [6, 6.07) is 6.10. The Kier molecular flexibility index (Phi) is 4.86. The van der Waals surface area contributed by atoms with Crippen molar-refractivity contribution >= 4 is 32.5 Å². The summed E-state index contributed by atoms with van der Waals surface area (Å²) in [7, 11) is 1.70. The molecule has 0 saturated carbocycles. The van der Waals surface area contributed by atoms with Crippen molar-refractivity contribution in [3.63, 3.8) is 0 Å². The molecule has 0 unspecified atom stereocenters. The summed E-state index contributed by atoms with van der Waals surface area (Å²) in [6.07, 6.45) is 1.08. The molecule has 20 heavy (non-hydrogen) atoms. The standard InChI is InChI=1S/C16H21BrN2O/c1-5-8-18-13-9-12(10(2)3)19-16-11(17)6-7-14(20-4)15(13)16/h6-7,9-10H,5,8H2,1-4H3,(H,18,19). The van der Waals surface area contributed by atoms with Crippen LogP contribution in [0.15, 0.2) is 22.7 Å². The average molecular weight is 337 g/mol. The van der Waals surface area contributed by atoms with Crippen molar-refractivity contribution in [1.29, 1.82) is 0 Å². The molecule has 0 amide bonds. The number of halogens is 1. The minimum Gasteiger partial charge on any atom is -0.496 e. The zero-order valence-electron chi connectivity index (χ0n) is 12.5. The molecule has 1 aromatic heterocycles. The Labute approximate surface area is 128 Å². The predicted octanol–water partition coefficient (Wildman–Crippen LogP) is 4.95. The maximum atomic E-state index is 5.50. The molecule has 2 aromatic rings. The lowest BCUT2D eigenvalue weighted by atomic mass is 10.1. The van der Waals surface area contributed by atoms with Crippen molar-refractivity contribution in [3.05, 3.63) is 28.4 Å². The van der Waals surface area contributed by atoms with Crippen LogP contribution in [0.5, 0.6) is 5.75 Å². The lowest BCUT2D eigenvalue weighted by molar-refractivity contribution is 0.420. The fraction of sp³-hybridized carbons (Fsp3) is 0.438. The van der Waals surface area contributed by atoms with Gasteiger partial charge in [-0.2, -0.15) is 0 Å². The number of pyridine rings is 1. The smallest absolute Gasteiger partial charge is 0.130 e. The number of fused-ring (bicyclic) bond motifs is 1. The molecule has 0 aliphatic heterocycles. The Morgan fingerprint density at radius 1 is 1.35 bits per heavy atom. The number of rotatable bonds is 5. The molecular weight excluding hydrogens is 316 g/mol. The zero-order valence-corrected chi connectivity index (χ0v) is 14.0. The Balaban J connectivity index is 2.73. The van der Waals surface area contributed by atoms with Crippen LogP contribution in [0.3, 0.4) is 0 Å². The van der Waals surface area contributed by atoms with E-state index in [4.69, 9.17) is 9.72 Å². The molecule has 1 heterocycles. The van der Waals surface area contributed by atoms with Gasteiger partial charge in [0.1, 0.15) is 5.75 Å². The molecule has 3 nitrogen and oxygen atoms in total. The van der Waals surface area contributed by atoms with Crippen LogP contribution in [0.1, 0.15) is 38.8 Å². The quantitative estimate of drug-likeness (QED) is 0.838. The highest BCUT2D eigenvalue weighted by atomic mass is 79.9. The fourth-order valence-electron chi connectivity index (χ4n) is 2.16. The van der Waals surface area contributed by atoms with Crippen LogP contribution in [-0.2, 0) is 0 Å². The number of hydrogen-bond acceptors (Lipinski definition) is 3. The van der Waals surface area contributed by atoms with E-state index in [9.17, 15) is 0 Å². The number of hydrogen-bond donors (Lipinski definition) is 1. The molecule has 0 fully saturated rings. The van der Waals surface area contributed by atoms with E-state index >= 15 is 0 Å². The van der Waals surface area contributed by atoms with Gasteiger partial charge in [0.2, 0.25) is 0 Å². The van der Waals surface area contributed by atoms with Crippen LogP contribution in [0.4, 0.5) is 5.69 Å². The number of nitrogens with zero attached hydrogens (tertiary/aromatic N) is 1. The van der Waals surface area contributed by atoms with Crippen LogP contribution in [0.2, 0.25) is 0 Å². The minimum absolute atomic E-state index is 0.389. The summed E-state index contributed by atoms with van der Waals surface area (Å²) in [5.74, 6) is 1.24. The van der Waals surface area contributed by atoms with Crippen LogP contribution in [0.25, 0.3) is 10.9 Å². The van der Waals surface area contributed by atoms with Crippen LogP contribution < -0.4 is 10.1 Å². The van der Waals surface area contributed by atoms with E-state index in [1.165, 1.54) is 0 Å². The number of nitrogens with one attached hydrogen (secondary N) is 1. The van der Waals surface area contributed by atoms with Gasteiger partial charge in [0.25, 0.3) is 0 Å². The second-order valence-corrected chi connectivity index (χ2v) is 6.00. The number of benzene rings is 1. The summed E-state index contributed by atoms with van der Waals surface area (Å²) in [6.45, 7) is 7.41. The van der Waals surface area contributed by atoms with Crippen molar-refractivity contribution in [2.45, 2.75) is 33.1 Å². The first kappa shape index (κ1) is 15.1.